The number of rotatable bonds is 2. The van der Waals surface area contributed by atoms with Crippen molar-refractivity contribution in [3.05, 3.63) is 45.7 Å². The van der Waals surface area contributed by atoms with Crippen LogP contribution in [0.5, 0.6) is 0 Å². The Labute approximate surface area is 118 Å². The van der Waals surface area contributed by atoms with E-state index in [-0.39, 0.29) is 11.6 Å². The maximum absolute atomic E-state index is 12.5. The molecular weight excluding hydrogens is 250 g/mol. The Morgan fingerprint density at radius 1 is 1.35 bits per heavy atom. The molecule has 2 aromatic rings. The van der Waals surface area contributed by atoms with Crippen molar-refractivity contribution in [3.63, 3.8) is 0 Å². The number of hydrogen-bond donors (Lipinski definition) is 2. The second kappa shape index (κ2) is 5.29. The van der Waals surface area contributed by atoms with E-state index in [0.717, 1.165) is 35.0 Å². The van der Waals surface area contributed by atoms with Gasteiger partial charge in [0.15, 0.2) is 0 Å². The summed E-state index contributed by atoms with van der Waals surface area (Å²) in [5, 5.41) is 4.66. The van der Waals surface area contributed by atoms with Gasteiger partial charge in [0.1, 0.15) is 0 Å². The number of nitrogen functional groups attached to an aromatic ring is 1. The topological polar surface area (TPSA) is 60.1 Å². The Balaban J connectivity index is 2.32. The van der Waals surface area contributed by atoms with Crippen LogP contribution in [-0.2, 0) is 6.42 Å². The molecule has 1 aliphatic rings. The van der Waals surface area contributed by atoms with E-state index in [1.807, 2.05) is 25.1 Å². The fourth-order valence-electron chi connectivity index (χ4n) is 3.28. The maximum atomic E-state index is 12.5. The number of benzene rings is 1. The van der Waals surface area contributed by atoms with Crippen LogP contribution in [0.2, 0.25) is 0 Å². The summed E-state index contributed by atoms with van der Waals surface area (Å²) >= 11 is 0. The lowest BCUT2D eigenvalue weighted by Crippen LogP contribution is -2.35. The molecule has 0 amide bonds. The number of pyridine rings is 1. The van der Waals surface area contributed by atoms with Crippen LogP contribution >= 0.6 is 0 Å². The Bertz CT molecular complexity index is 684. The first-order chi connectivity index (χ1) is 9.74. The highest BCUT2D eigenvalue weighted by Crippen LogP contribution is 2.30. The molecule has 1 aliphatic heterocycles. The minimum absolute atomic E-state index is 0.0615. The lowest BCUT2D eigenvalue weighted by Gasteiger charge is -2.27. The first kappa shape index (κ1) is 13.2. The number of fused-ring (bicyclic) bond motifs is 1. The molecule has 0 radical (unpaired) electrons. The third-order valence-electron chi connectivity index (χ3n) is 4.27. The monoisotopic (exact) mass is 271 g/mol. The number of nitrogens with zero attached hydrogens (tertiary/aromatic N) is 1. The number of nitrogens with two attached hydrogens (primary N) is 1. The molecular formula is C16H21N3O. The minimum atomic E-state index is -0.0615. The van der Waals surface area contributed by atoms with Crippen molar-refractivity contribution in [1.29, 1.82) is 0 Å². The van der Waals surface area contributed by atoms with Gasteiger partial charge in [-0.3, -0.25) is 4.79 Å². The third kappa shape index (κ3) is 2.00. The van der Waals surface area contributed by atoms with E-state index in [9.17, 15) is 4.79 Å². The number of para-hydroxylation sites is 1. The van der Waals surface area contributed by atoms with E-state index < -0.39 is 0 Å². The number of hydrogen-bond acceptors (Lipinski definition) is 3. The summed E-state index contributed by atoms with van der Waals surface area (Å²) in [5.41, 5.74) is 2.77. The highest BCUT2D eigenvalue weighted by molar-refractivity contribution is 5.84. The smallest absolute Gasteiger partial charge is 0.272 e. The average Bonchev–Trinajstić information content (AvgIpc) is 2.51. The Kier molecular flexibility index (Phi) is 3.49. The summed E-state index contributed by atoms with van der Waals surface area (Å²) < 4.78 is 1.29. The summed E-state index contributed by atoms with van der Waals surface area (Å²) in [6, 6.07) is 8.20. The zero-order valence-corrected chi connectivity index (χ0v) is 11.9. The summed E-state index contributed by atoms with van der Waals surface area (Å²) in [4.78, 5) is 12.5. The molecule has 1 aromatic carbocycles. The van der Waals surface area contributed by atoms with E-state index in [0.29, 0.717) is 6.42 Å². The quantitative estimate of drug-likeness (QED) is 0.822. The molecule has 1 unspecified atom stereocenters. The zero-order chi connectivity index (χ0) is 14.1. The standard InChI is InChI=1S/C16H21N3O/c1-2-11-15(13-8-5-6-10-18-13)12-7-3-4-9-14(12)19(17)16(11)20/h3-4,7,9,13,18H,2,5-6,8,10,17H2,1H3. The molecule has 20 heavy (non-hydrogen) atoms. The fraction of sp³-hybridized carbons (Fsp3) is 0.438. The number of aromatic nitrogens is 1. The maximum Gasteiger partial charge on any atom is 0.272 e. The second-order valence-corrected chi connectivity index (χ2v) is 5.44. The minimum Gasteiger partial charge on any atom is -0.336 e. The van der Waals surface area contributed by atoms with Crippen LogP contribution < -0.4 is 16.7 Å². The van der Waals surface area contributed by atoms with Gasteiger partial charge in [-0.1, -0.05) is 31.5 Å². The SMILES string of the molecule is CCc1c(C2CCCCN2)c2ccccc2n(N)c1=O. The molecule has 1 saturated heterocycles. The highest BCUT2D eigenvalue weighted by atomic mass is 16.1. The van der Waals surface area contributed by atoms with Crippen LogP contribution in [0.3, 0.4) is 0 Å². The van der Waals surface area contributed by atoms with Gasteiger partial charge in [0, 0.05) is 17.0 Å². The molecule has 0 spiro atoms. The van der Waals surface area contributed by atoms with Crippen molar-refractivity contribution in [2.75, 3.05) is 12.4 Å². The van der Waals surface area contributed by atoms with E-state index in [1.54, 1.807) is 0 Å². The zero-order valence-electron chi connectivity index (χ0n) is 11.9. The molecule has 4 nitrogen and oxygen atoms in total. The molecule has 0 aliphatic carbocycles. The fourth-order valence-corrected chi connectivity index (χ4v) is 3.28. The molecule has 3 rings (SSSR count). The summed E-state index contributed by atoms with van der Waals surface area (Å²) in [6.45, 7) is 3.05. The molecule has 0 saturated carbocycles. The largest absolute Gasteiger partial charge is 0.336 e. The van der Waals surface area contributed by atoms with Crippen molar-refractivity contribution in [2.45, 2.75) is 38.6 Å². The number of nitrogens with one attached hydrogen (secondary N) is 1. The van der Waals surface area contributed by atoms with Gasteiger partial charge in [-0.2, -0.15) is 0 Å². The van der Waals surface area contributed by atoms with Crippen LogP contribution in [0.15, 0.2) is 29.1 Å². The molecule has 106 valence electrons. The first-order valence-electron chi connectivity index (χ1n) is 7.39. The Morgan fingerprint density at radius 3 is 2.85 bits per heavy atom. The van der Waals surface area contributed by atoms with Gasteiger partial charge in [0.05, 0.1) is 5.52 Å². The lowest BCUT2D eigenvalue weighted by atomic mass is 9.90. The summed E-state index contributed by atoms with van der Waals surface area (Å²) in [5.74, 6) is 5.98. The van der Waals surface area contributed by atoms with Gasteiger partial charge in [0.2, 0.25) is 0 Å². The van der Waals surface area contributed by atoms with Crippen LogP contribution in [0.25, 0.3) is 10.9 Å². The second-order valence-electron chi connectivity index (χ2n) is 5.44. The molecule has 1 fully saturated rings. The summed E-state index contributed by atoms with van der Waals surface area (Å²) in [6.07, 6.45) is 4.23. The molecule has 2 heterocycles. The van der Waals surface area contributed by atoms with E-state index in [2.05, 4.69) is 11.4 Å². The van der Waals surface area contributed by atoms with Gasteiger partial charge in [0.25, 0.3) is 5.56 Å². The van der Waals surface area contributed by atoms with Gasteiger partial charge in [-0.15, -0.1) is 0 Å². The van der Waals surface area contributed by atoms with Gasteiger partial charge in [-0.05, 0) is 37.4 Å². The summed E-state index contributed by atoms with van der Waals surface area (Å²) in [7, 11) is 0. The third-order valence-corrected chi connectivity index (χ3v) is 4.27. The average molecular weight is 271 g/mol. The van der Waals surface area contributed by atoms with Crippen LogP contribution in [0.4, 0.5) is 0 Å². The van der Waals surface area contributed by atoms with Gasteiger partial charge in [-0.25, -0.2) is 4.68 Å². The molecule has 1 atom stereocenters. The Morgan fingerprint density at radius 2 is 2.15 bits per heavy atom. The molecule has 0 bridgehead atoms. The van der Waals surface area contributed by atoms with Crippen molar-refractivity contribution in [1.82, 2.24) is 9.99 Å². The number of piperidine rings is 1. The van der Waals surface area contributed by atoms with Gasteiger partial charge < -0.3 is 11.2 Å². The highest BCUT2D eigenvalue weighted by Gasteiger charge is 2.23. The van der Waals surface area contributed by atoms with Crippen LogP contribution in [0.1, 0.15) is 43.4 Å². The van der Waals surface area contributed by atoms with Crippen molar-refractivity contribution in [2.24, 2.45) is 0 Å². The van der Waals surface area contributed by atoms with Crippen LogP contribution in [-0.4, -0.2) is 11.2 Å². The lowest BCUT2D eigenvalue weighted by molar-refractivity contribution is 0.412. The van der Waals surface area contributed by atoms with E-state index >= 15 is 0 Å². The van der Waals surface area contributed by atoms with Crippen LogP contribution in [0, 0.1) is 0 Å². The van der Waals surface area contributed by atoms with Crippen molar-refractivity contribution >= 4 is 10.9 Å². The van der Waals surface area contributed by atoms with Gasteiger partial charge >= 0.3 is 0 Å². The predicted molar refractivity (Wildman–Crippen MR) is 82.3 cm³/mol. The first-order valence-corrected chi connectivity index (χ1v) is 7.39. The molecule has 4 heteroatoms. The predicted octanol–water partition coefficient (Wildman–Crippen LogP) is 2.09. The van der Waals surface area contributed by atoms with Crippen molar-refractivity contribution < 1.29 is 0 Å². The molecule has 3 N–H and O–H groups in total. The normalized spacial score (nSPS) is 19.4. The Hall–Kier alpha value is -1.81. The van der Waals surface area contributed by atoms with Crippen molar-refractivity contribution in [3.8, 4) is 0 Å². The molecule has 1 aromatic heterocycles. The van der Waals surface area contributed by atoms with E-state index in [4.69, 9.17) is 5.84 Å². The van der Waals surface area contributed by atoms with E-state index in [1.165, 1.54) is 17.5 Å².